The molecule has 1 atom stereocenters. The van der Waals surface area contributed by atoms with E-state index >= 15 is 0 Å². The minimum atomic E-state index is -0.982. The van der Waals surface area contributed by atoms with Gasteiger partial charge in [-0.15, -0.1) is 0 Å². The van der Waals surface area contributed by atoms with Gasteiger partial charge in [-0.2, -0.15) is 0 Å². The molecule has 5 heteroatoms. The SMILES string of the molecule is O=C(O)C(CCc1ccccc1)N1CCOC1=O. The quantitative estimate of drug-likeness (QED) is 0.859. The molecule has 96 valence electrons. The van der Waals surface area contributed by atoms with Crippen LogP contribution in [-0.2, 0) is 16.0 Å². The molecule has 1 N–H and O–H groups in total. The average molecular weight is 249 g/mol. The molecule has 1 unspecified atom stereocenters. The van der Waals surface area contributed by atoms with Crippen LogP contribution in [0.3, 0.4) is 0 Å². The van der Waals surface area contributed by atoms with Crippen LogP contribution in [0, 0.1) is 0 Å². The third-order valence-electron chi connectivity index (χ3n) is 3.00. The van der Waals surface area contributed by atoms with Crippen molar-refractivity contribution in [2.45, 2.75) is 18.9 Å². The third kappa shape index (κ3) is 2.80. The molecular formula is C13H15NO4. The number of nitrogens with zero attached hydrogens (tertiary/aromatic N) is 1. The number of hydrogen-bond donors (Lipinski definition) is 1. The zero-order chi connectivity index (χ0) is 13.0. The van der Waals surface area contributed by atoms with Gasteiger partial charge < -0.3 is 9.84 Å². The Hall–Kier alpha value is -2.04. The fraction of sp³-hybridized carbons (Fsp3) is 0.385. The van der Waals surface area contributed by atoms with Gasteiger partial charge in [-0.25, -0.2) is 9.59 Å². The van der Waals surface area contributed by atoms with Gasteiger partial charge in [0.05, 0.1) is 6.54 Å². The van der Waals surface area contributed by atoms with E-state index in [1.807, 2.05) is 30.3 Å². The Balaban J connectivity index is 1.99. The first-order chi connectivity index (χ1) is 8.68. The number of cyclic esters (lactones) is 1. The lowest BCUT2D eigenvalue weighted by molar-refractivity contribution is -0.142. The molecule has 5 nitrogen and oxygen atoms in total. The number of carboxylic acid groups (broad SMARTS) is 1. The Bertz CT molecular complexity index is 432. The number of carbonyl (C=O) groups is 2. The number of ether oxygens (including phenoxy) is 1. The second-order valence-electron chi connectivity index (χ2n) is 4.19. The summed E-state index contributed by atoms with van der Waals surface area (Å²) in [5.41, 5.74) is 1.07. The predicted molar refractivity (Wildman–Crippen MR) is 64.2 cm³/mol. The number of carbonyl (C=O) groups excluding carboxylic acids is 1. The molecule has 1 amide bonds. The van der Waals surface area contributed by atoms with Crippen molar-refractivity contribution in [1.29, 1.82) is 0 Å². The van der Waals surface area contributed by atoms with E-state index in [2.05, 4.69) is 0 Å². The minimum Gasteiger partial charge on any atom is -0.480 e. The summed E-state index contributed by atoms with van der Waals surface area (Å²) in [6.07, 6.45) is 0.492. The highest BCUT2D eigenvalue weighted by Crippen LogP contribution is 2.15. The van der Waals surface area contributed by atoms with E-state index in [0.717, 1.165) is 5.56 Å². The highest BCUT2D eigenvalue weighted by molar-refractivity contribution is 5.80. The van der Waals surface area contributed by atoms with Crippen LogP contribution in [0.1, 0.15) is 12.0 Å². The standard InChI is InChI=1S/C13H15NO4/c15-12(16)11(14-8-9-18-13(14)17)7-6-10-4-2-1-3-5-10/h1-5,11H,6-9H2,(H,15,16). The van der Waals surface area contributed by atoms with Gasteiger partial charge in [0.25, 0.3) is 0 Å². The molecule has 1 saturated heterocycles. The lowest BCUT2D eigenvalue weighted by atomic mass is 10.0. The molecule has 1 heterocycles. The molecule has 1 aliphatic rings. The van der Waals surface area contributed by atoms with Gasteiger partial charge in [0.15, 0.2) is 0 Å². The summed E-state index contributed by atoms with van der Waals surface area (Å²) in [7, 11) is 0. The first kappa shape index (κ1) is 12.4. The van der Waals surface area contributed by atoms with Crippen LogP contribution in [-0.4, -0.2) is 41.3 Å². The van der Waals surface area contributed by atoms with Gasteiger partial charge in [0.2, 0.25) is 0 Å². The number of aliphatic carboxylic acids is 1. The molecule has 2 rings (SSSR count). The number of hydrogen-bond acceptors (Lipinski definition) is 3. The fourth-order valence-corrected chi connectivity index (χ4v) is 2.05. The van der Waals surface area contributed by atoms with Crippen LogP contribution in [0.4, 0.5) is 4.79 Å². The Morgan fingerprint density at radius 1 is 1.39 bits per heavy atom. The predicted octanol–water partition coefficient (Wildman–Crippen LogP) is 1.52. The van der Waals surface area contributed by atoms with E-state index in [4.69, 9.17) is 4.74 Å². The molecule has 0 radical (unpaired) electrons. The van der Waals surface area contributed by atoms with E-state index < -0.39 is 18.1 Å². The van der Waals surface area contributed by atoms with Crippen LogP contribution >= 0.6 is 0 Å². The fourth-order valence-electron chi connectivity index (χ4n) is 2.05. The van der Waals surface area contributed by atoms with E-state index in [1.54, 1.807) is 0 Å². The molecule has 0 saturated carbocycles. The second-order valence-corrected chi connectivity index (χ2v) is 4.19. The summed E-state index contributed by atoms with van der Waals surface area (Å²) >= 11 is 0. The highest BCUT2D eigenvalue weighted by Gasteiger charge is 2.33. The van der Waals surface area contributed by atoms with Crippen LogP contribution in [0.2, 0.25) is 0 Å². The normalized spacial score (nSPS) is 16.4. The number of rotatable bonds is 5. The van der Waals surface area contributed by atoms with Gasteiger partial charge in [-0.05, 0) is 18.4 Å². The van der Waals surface area contributed by atoms with Gasteiger partial charge in [-0.1, -0.05) is 30.3 Å². The van der Waals surface area contributed by atoms with Gasteiger partial charge in [0.1, 0.15) is 12.6 Å². The van der Waals surface area contributed by atoms with E-state index in [1.165, 1.54) is 4.90 Å². The maximum Gasteiger partial charge on any atom is 0.410 e. The molecule has 1 aromatic rings. The summed E-state index contributed by atoms with van der Waals surface area (Å²) in [6, 6.07) is 8.82. The van der Waals surface area contributed by atoms with Crippen molar-refractivity contribution in [3.05, 3.63) is 35.9 Å². The van der Waals surface area contributed by atoms with Gasteiger partial charge >= 0.3 is 12.1 Å². The van der Waals surface area contributed by atoms with Crippen molar-refractivity contribution in [3.8, 4) is 0 Å². The molecule has 1 fully saturated rings. The van der Waals surface area contributed by atoms with Crippen molar-refractivity contribution in [2.75, 3.05) is 13.2 Å². The molecule has 1 aromatic carbocycles. The summed E-state index contributed by atoms with van der Waals surface area (Å²) in [5, 5.41) is 9.18. The Morgan fingerprint density at radius 3 is 2.67 bits per heavy atom. The second kappa shape index (κ2) is 5.53. The van der Waals surface area contributed by atoms with Crippen LogP contribution in [0.15, 0.2) is 30.3 Å². The topological polar surface area (TPSA) is 66.8 Å². The largest absolute Gasteiger partial charge is 0.480 e. The van der Waals surface area contributed by atoms with Gasteiger partial charge in [-0.3, -0.25) is 4.90 Å². The zero-order valence-corrected chi connectivity index (χ0v) is 9.91. The summed E-state index contributed by atoms with van der Waals surface area (Å²) in [5.74, 6) is -0.982. The lowest BCUT2D eigenvalue weighted by Gasteiger charge is -2.21. The molecule has 0 spiro atoms. The van der Waals surface area contributed by atoms with Gasteiger partial charge in [0, 0.05) is 0 Å². The molecule has 0 bridgehead atoms. The first-order valence-corrected chi connectivity index (χ1v) is 5.88. The minimum absolute atomic E-state index is 0.272. The lowest BCUT2D eigenvalue weighted by Crippen LogP contribution is -2.42. The Morgan fingerprint density at radius 2 is 2.11 bits per heavy atom. The number of carboxylic acids is 1. The summed E-state index contributed by atoms with van der Waals surface area (Å²) in [4.78, 5) is 23.9. The van der Waals surface area contributed by atoms with Crippen LogP contribution < -0.4 is 0 Å². The number of amides is 1. The van der Waals surface area contributed by atoms with Crippen molar-refractivity contribution < 1.29 is 19.4 Å². The van der Waals surface area contributed by atoms with Crippen molar-refractivity contribution in [2.24, 2.45) is 0 Å². The maximum absolute atomic E-state index is 11.4. The highest BCUT2D eigenvalue weighted by atomic mass is 16.6. The smallest absolute Gasteiger partial charge is 0.410 e. The Labute approximate surface area is 105 Å². The molecule has 0 aromatic heterocycles. The Kier molecular flexibility index (Phi) is 3.82. The van der Waals surface area contributed by atoms with Crippen LogP contribution in [0.25, 0.3) is 0 Å². The van der Waals surface area contributed by atoms with E-state index in [0.29, 0.717) is 19.4 Å². The monoisotopic (exact) mass is 249 g/mol. The average Bonchev–Trinajstić information content (AvgIpc) is 2.77. The maximum atomic E-state index is 11.4. The number of benzene rings is 1. The van der Waals surface area contributed by atoms with E-state index in [9.17, 15) is 14.7 Å². The zero-order valence-electron chi connectivity index (χ0n) is 9.91. The van der Waals surface area contributed by atoms with Crippen molar-refractivity contribution in [1.82, 2.24) is 4.90 Å². The molecule has 18 heavy (non-hydrogen) atoms. The first-order valence-electron chi connectivity index (χ1n) is 5.88. The number of aryl methyl sites for hydroxylation is 1. The summed E-state index contributed by atoms with van der Waals surface area (Å²) in [6.45, 7) is 0.624. The van der Waals surface area contributed by atoms with Crippen molar-refractivity contribution in [3.63, 3.8) is 0 Å². The summed E-state index contributed by atoms with van der Waals surface area (Å²) < 4.78 is 4.77. The van der Waals surface area contributed by atoms with Crippen LogP contribution in [0.5, 0.6) is 0 Å². The molecule has 0 aliphatic carbocycles. The van der Waals surface area contributed by atoms with E-state index in [-0.39, 0.29) is 6.61 Å². The third-order valence-corrected chi connectivity index (χ3v) is 3.00. The molecule has 1 aliphatic heterocycles. The molecular weight excluding hydrogens is 234 g/mol. The van der Waals surface area contributed by atoms with Crippen molar-refractivity contribution >= 4 is 12.1 Å².